The first-order valence-corrected chi connectivity index (χ1v) is 13.3. The number of ketones is 1. The van der Waals surface area contributed by atoms with E-state index >= 15 is 0 Å². The number of aliphatic hydroxyl groups is 1. The van der Waals surface area contributed by atoms with E-state index < -0.39 is 17.7 Å². The largest absolute Gasteiger partial charge is 0.507 e. The standard InChI is InChI=1S/C33H37NO6/c1-21-9-7-8-10-23(21)20-40-25-14-11-22(12-15-25)29-28(31(36)32(37)34(29)17-18-38-5)30(35)26-19-24(33(2,3)4)13-16-27(26)39-6/h7-16,19,29,35H,17-18,20H2,1-6H3/b30-28+. The van der Waals surface area contributed by atoms with Crippen molar-refractivity contribution in [3.8, 4) is 11.5 Å². The molecule has 0 aromatic heterocycles. The zero-order valence-corrected chi connectivity index (χ0v) is 24.0. The molecule has 0 radical (unpaired) electrons. The lowest BCUT2D eigenvalue weighted by atomic mass is 9.85. The molecule has 1 N–H and O–H groups in total. The Balaban J connectivity index is 1.76. The Hall–Kier alpha value is -4.10. The maximum atomic E-state index is 13.4. The summed E-state index contributed by atoms with van der Waals surface area (Å²) in [5.74, 6) is -0.644. The Bertz CT molecular complexity index is 1420. The Morgan fingerprint density at radius 3 is 2.30 bits per heavy atom. The number of rotatable bonds is 9. The third kappa shape index (κ3) is 5.89. The molecular formula is C33H37NO6. The molecule has 0 aliphatic carbocycles. The topological polar surface area (TPSA) is 85.3 Å². The van der Waals surface area contributed by atoms with Crippen LogP contribution < -0.4 is 9.47 Å². The van der Waals surface area contributed by atoms with Gasteiger partial charge in [0.2, 0.25) is 0 Å². The van der Waals surface area contributed by atoms with Crippen LogP contribution in [0.3, 0.4) is 0 Å². The highest BCUT2D eigenvalue weighted by molar-refractivity contribution is 6.46. The monoisotopic (exact) mass is 543 g/mol. The Morgan fingerprint density at radius 2 is 1.68 bits per heavy atom. The van der Waals surface area contributed by atoms with Crippen molar-refractivity contribution in [2.24, 2.45) is 0 Å². The molecule has 1 unspecified atom stereocenters. The molecule has 1 fully saturated rings. The minimum atomic E-state index is -0.802. The third-order valence-electron chi connectivity index (χ3n) is 7.25. The number of carbonyl (C=O) groups is 2. The van der Waals surface area contributed by atoms with E-state index in [-0.39, 0.29) is 29.9 Å². The summed E-state index contributed by atoms with van der Waals surface area (Å²) in [7, 11) is 3.04. The van der Waals surface area contributed by atoms with Crippen molar-refractivity contribution in [3.05, 3.63) is 100 Å². The van der Waals surface area contributed by atoms with E-state index in [2.05, 4.69) is 20.8 Å². The summed E-state index contributed by atoms with van der Waals surface area (Å²) in [5, 5.41) is 11.6. The molecule has 7 heteroatoms. The molecular weight excluding hydrogens is 506 g/mol. The molecule has 3 aromatic carbocycles. The second kappa shape index (κ2) is 12.0. The van der Waals surface area contributed by atoms with Crippen molar-refractivity contribution in [2.45, 2.75) is 45.8 Å². The molecule has 0 spiro atoms. The molecule has 40 heavy (non-hydrogen) atoms. The number of aryl methyl sites for hydroxylation is 1. The first-order chi connectivity index (χ1) is 19.1. The fourth-order valence-electron chi connectivity index (χ4n) is 4.83. The number of methoxy groups -OCH3 is 2. The molecule has 1 saturated heterocycles. The molecule has 0 saturated carbocycles. The minimum Gasteiger partial charge on any atom is -0.507 e. The van der Waals surface area contributed by atoms with E-state index in [1.54, 1.807) is 6.07 Å². The quantitative estimate of drug-likeness (QED) is 0.204. The zero-order valence-electron chi connectivity index (χ0n) is 24.0. The zero-order chi connectivity index (χ0) is 29.0. The Morgan fingerprint density at radius 1 is 0.975 bits per heavy atom. The number of hydrogen-bond acceptors (Lipinski definition) is 6. The first-order valence-electron chi connectivity index (χ1n) is 13.3. The predicted octanol–water partition coefficient (Wildman–Crippen LogP) is 5.95. The molecule has 4 rings (SSSR count). The van der Waals surface area contributed by atoms with Gasteiger partial charge in [-0.05, 0) is 58.9 Å². The Kier molecular flexibility index (Phi) is 8.64. The fraction of sp³-hybridized carbons (Fsp3) is 0.333. The van der Waals surface area contributed by atoms with Crippen LogP contribution in [0.2, 0.25) is 0 Å². The van der Waals surface area contributed by atoms with Crippen LogP contribution in [0, 0.1) is 6.92 Å². The van der Waals surface area contributed by atoms with Crippen LogP contribution in [-0.4, -0.2) is 49.1 Å². The molecule has 1 amide bonds. The van der Waals surface area contributed by atoms with E-state index in [9.17, 15) is 14.7 Å². The summed E-state index contributed by atoms with van der Waals surface area (Å²) in [6.07, 6.45) is 0. The van der Waals surface area contributed by atoms with Crippen LogP contribution in [0.4, 0.5) is 0 Å². The molecule has 210 valence electrons. The van der Waals surface area contributed by atoms with Crippen LogP contribution in [0.25, 0.3) is 5.76 Å². The maximum absolute atomic E-state index is 13.4. The molecule has 1 aliphatic heterocycles. The number of Topliss-reactive ketones (excluding diaryl/α,β-unsaturated/α-hetero) is 1. The molecule has 1 heterocycles. The second-order valence-corrected chi connectivity index (χ2v) is 10.9. The molecule has 7 nitrogen and oxygen atoms in total. The predicted molar refractivity (Wildman–Crippen MR) is 155 cm³/mol. The van der Waals surface area contributed by atoms with Crippen molar-refractivity contribution < 1.29 is 28.9 Å². The van der Waals surface area contributed by atoms with Crippen molar-refractivity contribution >= 4 is 17.4 Å². The van der Waals surface area contributed by atoms with E-state index in [0.717, 1.165) is 16.7 Å². The average Bonchev–Trinajstić information content (AvgIpc) is 3.19. The Labute approximate surface area is 236 Å². The van der Waals surface area contributed by atoms with Gasteiger partial charge in [0.1, 0.15) is 23.9 Å². The number of ether oxygens (including phenoxy) is 3. The fourth-order valence-corrected chi connectivity index (χ4v) is 4.83. The van der Waals surface area contributed by atoms with E-state index in [4.69, 9.17) is 14.2 Å². The number of hydrogen-bond donors (Lipinski definition) is 1. The summed E-state index contributed by atoms with van der Waals surface area (Å²) in [6.45, 7) is 9.07. The van der Waals surface area contributed by atoms with Crippen molar-refractivity contribution in [2.75, 3.05) is 27.4 Å². The highest BCUT2D eigenvalue weighted by Gasteiger charge is 2.46. The van der Waals surface area contributed by atoms with Crippen molar-refractivity contribution in [3.63, 3.8) is 0 Å². The number of likely N-dealkylation sites (tertiary alicyclic amines) is 1. The highest BCUT2D eigenvalue weighted by Crippen LogP contribution is 2.42. The van der Waals surface area contributed by atoms with Gasteiger partial charge in [0.15, 0.2) is 0 Å². The van der Waals surface area contributed by atoms with Crippen LogP contribution in [0.1, 0.15) is 54.6 Å². The number of nitrogens with zero attached hydrogens (tertiary/aromatic N) is 1. The number of amides is 1. The van der Waals surface area contributed by atoms with Crippen LogP contribution in [0.15, 0.2) is 72.3 Å². The number of carbonyl (C=O) groups excluding carboxylic acids is 2. The van der Waals surface area contributed by atoms with Gasteiger partial charge in [-0.15, -0.1) is 0 Å². The molecule has 0 bridgehead atoms. The summed E-state index contributed by atoms with van der Waals surface area (Å²) in [5.41, 5.74) is 4.03. The summed E-state index contributed by atoms with van der Waals surface area (Å²) in [4.78, 5) is 28.0. The lowest BCUT2D eigenvalue weighted by Crippen LogP contribution is -2.32. The van der Waals surface area contributed by atoms with Gasteiger partial charge in [-0.1, -0.05) is 63.2 Å². The third-order valence-corrected chi connectivity index (χ3v) is 7.25. The molecule has 1 atom stereocenters. The van der Waals surface area contributed by atoms with Crippen molar-refractivity contribution in [1.29, 1.82) is 0 Å². The van der Waals surface area contributed by atoms with E-state index in [0.29, 0.717) is 29.2 Å². The van der Waals surface area contributed by atoms with Crippen molar-refractivity contribution in [1.82, 2.24) is 4.90 Å². The normalized spacial score (nSPS) is 16.9. The second-order valence-electron chi connectivity index (χ2n) is 10.9. The number of benzene rings is 3. The summed E-state index contributed by atoms with van der Waals surface area (Å²) >= 11 is 0. The maximum Gasteiger partial charge on any atom is 0.295 e. The highest BCUT2D eigenvalue weighted by atomic mass is 16.5. The summed E-state index contributed by atoms with van der Waals surface area (Å²) < 4.78 is 16.8. The van der Waals surface area contributed by atoms with Gasteiger partial charge in [-0.2, -0.15) is 0 Å². The molecule has 1 aliphatic rings. The van der Waals surface area contributed by atoms with Gasteiger partial charge in [0.25, 0.3) is 11.7 Å². The van der Waals surface area contributed by atoms with Crippen LogP contribution >= 0.6 is 0 Å². The van der Waals surface area contributed by atoms with Gasteiger partial charge in [0, 0.05) is 13.7 Å². The number of aliphatic hydroxyl groups excluding tert-OH is 1. The van der Waals surface area contributed by atoms with E-state index in [1.807, 2.05) is 67.6 Å². The average molecular weight is 544 g/mol. The lowest BCUT2D eigenvalue weighted by Gasteiger charge is -2.26. The van der Waals surface area contributed by atoms with Gasteiger partial charge >= 0.3 is 0 Å². The van der Waals surface area contributed by atoms with Crippen LogP contribution in [0.5, 0.6) is 11.5 Å². The van der Waals surface area contributed by atoms with Gasteiger partial charge in [0.05, 0.1) is 30.9 Å². The lowest BCUT2D eigenvalue weighted by molar-refractivity contribution is -0.140. The van der Waals surface area contributed by atoms with Gasteiger partial charge in [-0.25, -0.2) is 0 Å². The SMILES string of the molecule is COCCN1C(=O)C(=O)/C(=C(/O)c2cc(C(C)(C)C)ccc2OC)C1c1ccc(OCc2ccccc2C)cc1. The van der Waals surface area contributed by atoms with E-state index in [1.165, 1.54) is 19.1 Å². The smallest absolute Gasteiger partial charge is 0.295 e. The van der Waals surface area contributed by atoms with Gasteiger partial charge < -0.3 is 24.2 Å². The minimum absolute atomic E-state index is 0.0130. The van der Waals surface area contributed by atoms with Crippen LogP contribution in [-0.2, 0) is 26.3 Å². The molecule has 3 aromatic rings. The first kappa shape index (κ1) is 28.9. The summed E-state index contributed by atoms with van der Waals surface area (Å²) in [6, 6.07) is 20.0. The van der Waals surface area contributed by atoms with Gasteiger partial charge in [-0.3, -0.25) is 9.59 Å².